The Morgan fingerprint density at radius 2 is 1.70 bits per heavy atom. The first kappa shape index (κ1) is 22.0. The first-order chi connectivity index (χ1) is 15.8. The first-order valence-electron chi connectivity index (χ1n) is 10.2. The number of esters is 1. The highest BCUT2D eigenvalue weighted by Gasteiger charge is 2.79. The van der Waals surface area contributed by atoms with Gasteiger partial charge in [0, 0.05) is 6.92 Å². The van der Waals surface area contributed by atoms with Gasteiger partial charge in [-0.15, -0.1) is 0 Å². The van der Waals surface area contributed by atoms with Crippen molar-refractivity contribution in [3.8, 4) is 18.2 Å². The van der Waals surface area contributed by atoms with Gasteiger partial charge in [0.2, 0.25) is 17.1 Å². The van der Waals surface area contributed by atoms with Crippen molar-refractivity contribution in [3.05, 3.63) is 71.3 Å². The highest BCUT2D eigenvalue weighted by Crippen LogP contribution is 2.66. The molecule has 2 aliphatic rings. The van der Waals surface area contributed by atoms with Crippen molar-refractivity contribution in [2.75, 3.05) is 7.11 Å². The Morgan fingerprint density at radius 3 is 2.24 bits per heavy atom. The molecule has 8 nitrogen and oxygen atoms in total. The van der Waals surface area contributed by atoms with Crippen molar-refractivity contribution in [2.24, 2.45) is 16.7 Å². The molecule has 2 aliphatic heterocycles. The van der Waals surface area contributed by atoms with Gasteiger partial charge >= 0.3 is 5.97 Å². The van der Waals surface area contributed by atoms with Crippen LogP contribution in [-0.2, 0) is 20.6 Å². The molecule has 33 heavy (non-hydrogen) atoms. The number of carbonyl (C=O) groups is 1. The van der Waals surface area contributed by atoms with Crippen LogP contribution in [0.3, 0.4) is 0 Å². The highest BCUT2D eigenvalue weighted by atomic mass is 16.7. The van der Waals surface area contributed by atoms with Crippen molar-refractivity contribution in [3.63, 3.8) is 0 Å². The third kappa shape index (κ3) is 2.91. The summed E-state index contributed by atoms with van der Waals surface area (Å²) < 4.78 is 16.8. The van der Waals surface area contributed by atoms with Gasteiger partial charge in [-0.2, -0.15) is 15.8 Å². The molecule has 2 fully saturated rings. The SMILES string of the molecule is COC(=O)c1ccc(C2OC3(C)OC(=N)C(C#N)(C3Cc3ccccc3)C2(C#N)C#N)cc1. The molecule has 2 heterocycles. The summed E-state index contributed by atoms with van der Waals surface area (Å²) in [6.45, 7) is 1.63. The minimum Gasteiger partial charge on any atom is -0.465 e. The number of nitrogens with zero attached hydrogens (tertiary/aromatic N) is 3. The summed E-state index contributed by atoms with van der Waals surface area (Å²) >= 11 is 0. The van der Waals surface area contributed by atoms with Gasteiger partial charge < -0.3 is 14.2 Å². The van der Waals surface area contributed by atoms with Crippen molar-refractivity contribution in [1.29, 1.82) is 21.2 Å². The largest absolute Gasteiger partial charge is 0.465 e. The molecule has 0 aromatic heterocycles. The van der Waals surface area contributed by atoms with E-state index < -0.39 is 40.5 Å². The molecule has 2 bridgehead atoms. The zero-order valence-electron chi connectivity index (χ0n) is 18.0. The maximum absolute atomic E-state index is 11.8. The minimum atomic E-state index is -2.07. The fraction of sp³-hybridized carbons (Fsp3) is 0.320. The lowest BCUT2D eigenvalue weighted by Gasteiger charge is -2.48. The average molecular weight is 440 g/mol. The standard InChI is InChI=1S/C25H20N4O4/c1-23-19(12-16-6-4-3-5-7-16)25(15-28,22(29)33-23)24(13-26,14-27)20(32-23)17-8-10-18(11-9-17)21(30)31-2/h3-11,19-20,29H,12H2,1-2H3. The van der Waals surface area contributed by atoms with E-state index in [0.717, 1.165) is 5.56 Å². The maximum Gasteiger partial charge on any atom is 0.337 e. The second-order valence-corrected chi connectivity index (χ2v) is 8.25. The number of carbonyl (C=O) groups excluding carboxylic acids is 1. The molecule has 0 saturated carbocycles. The molecule has 4 rings (SSSR count). The quantitative estimate of drug-likeness (QED) is 0.715. The van der Waals surface area contributed by atoms with Crippen molar-refractivity contribution in [2.45, 2.75) is 25.2 Å². The van der Waals surface area contributed by atoms with Crippen LogP contribution in [0.4, 0.5) is 0 Å². The highest BCUT2D eigenvalue weighted by molar-refractivity contribution is 5.90. The fourth-order valence-corrected chi connectivity index (χ4v) is 4.95. The zero-order valence-corrected chi connectivity index (χ0v) is 18.0. The number of hydrogen-bond donors (Lipinski definition) is 1. The molecule has 0 spiro atoms. The van der Waals surface area contributed by atoms with Crippen LogP contribution in [0, 0.1) is 56.2 Å². The molecular formula is C25H20N4O4. The van der Waals surface area contributed by atoms with Gasteiger partial charge in [0.05, 0.1) is 36.8 Å². The van der Waals surface area contributed by atoms with Gasteiger partial charge in [0.1, 0.15) is 6.10 Å². The second-order valence-electron chi connectivity index (χ2n) is 8.25. The Morgan fingerprint density at radius 1 is 1.06 bits per heavy atom. The van der Waals surface area contributed by atoms with Crippen LogP contribution in [0.1, 0.15) is 34.5 Å². The normalized spacial score (nSPS) is 29.1. The number of nitriles is 3. The minimum absolute atomic E-state index is 0.270. The van der Waals surface area contributed by atoms with E-state index in [-0.39, 0.29) is 12.0 Å². The van der Waals surface area contributed by atoms with Gasteiger partial charge in [0.15, 0.2) is 5.41 Å². The Balaban J connectivity index is 1.88. The molecule has 1 N–H and O–H groups in total. The molecule has 2 aromatic carbocycles. The third-order valence-corrected chi connectivity index (χ3v) is 6.63. The number of benzene rings is 2. The molecule has 0 amide bonds. The molecule has 4 atom stereocenters. The van der Waals surface area contributed by atoms with Crippen molar-refractivity contribution in [1.82, 2.24) is 0 Å². The lowest BCUT2D eigenvalue weighted by molar-refractivity contribution is -0.272. The summed E-state index contributed by atoms with van der Waals surface area (Å²) in [5, 5.41) is 39.7. The summed E-state index contributed by atoms with van der Waals surface area (Å²) in [5.74, 6) is -3.20. The van der Waals surface area contributed by atoms with E-state index in [4.69, 9.17) is 19.6 Å². The first-order valence-corrected chi connectivity index (χ1v) is 10.2. The van der Waals surface area contributed by atoms with E-state index in [2.05, 4.69) is 6.07 Å². The molecule has 0 aliphatic carbocycles. The Hall–Kier alpha value is -4.19. The van der Waals surface area contributed by atoms with Crippen LogP contribution in [0.15, 0.2) is 54.6 Å². The second kappa shape index (κ2) is 7.74. The Bertz CT molecular complexity index is 1220. The van der Waals surface area contributed by atoms with Gasteiger partial charge in [-0.3, -0.25) is 5.41 Å². The zero-order chi connectivity index (χ0) is 23.9. The monoisotopic (exact) mass is 440 g/mol. The van der Waals surface area contributed by atoms with Crippen LogP contribution in [0.25, 0.3) is 0 Å². The summed E-state index contributed by atoms with van der Waals surface area (Å²) in [7, 11) is 1.27. The van der Waals surface area contributed by atoms with Crippen molar-refractivity contribution < 1.29 is 19.0 Å². The topological polar surface area (TPSA) is 140 Å². The number of nitrogens with one attached hydrogen (secondary N) is 1. The fourth-order valence-electron chi connectivity index (χ4n) is 4.95. The van der Waals surface area contributed by atoms with E-state index in [1.807, 2.05) is 42.5 Å². The lowest BCUT2D eigenvalue weighted by atomic mass is 9.52. The molecular weight excluding hydrogens is 420 g/mol. The summed E-state index contributed by atoms with van der Waals surface area (Å²) in [6.07, 6.45) is -0.925. The summed E-state index contributed by atoms with van der Waals surface area (Å²) in [5.41, 5.74) is -2.38. The molecule has 164 valence electrons. The Labute approximate surface area is 191 Å². The van der Waals surface area contributed by atoms with Gasteiger partial charge in [-0.1, -0.05) is 42.5 Å². The lowest BCUT2D eigenvalue weighted by Crippen LogP contribution is -2.59. The predicted octanol–water partition coefficient (Wildman–Crippen LogP) is 3.67. The summed E-state index contributed by atoms with van der Waals surface area (Å²) in [6, 6.07) is 21.6. The van der Waals surface area contributed by atoms with Gasteiger partial charge in [-0.25, -0.2) is 4.79 Å². The summed E-state index contributed by atoms with van der Waals surface area (Å²) in [4.78, 5) is 11.8. The van der Waals surface area contributed by atoms with Crippen LogP contribution >= 0.6 is 0 Å². The number of methoxy groups -OCH3 is 1. The molecule has 4 unspecified atom stereocenters. The third-order valence-electron chi connectivity index (χ3n) is 6.63. The molecule has 0 radical (unpaired) electrons. The van der Waals surface area contributed by atoms with E-state index in [1.54, 1.807) is 19.1 Å². The predicted molar refractivity (Wildman–Crippen MR) is 114 cm³/mol. The Kier molecular flexibility index (Phi) is 5.17. The van der Waals surface area contributed by atoms with Gasteiger partial charge in [-0.05, 0) is 29.7 Å². The number of fused-ring (bicyclic) bond motifs is 2. The molecule has 2 aromatic rings. The number of hydrogen-bond acceptors (Lipinski definition) is 8. The average Bonchev–Trinajstić information content (AvgIpc) is 3.00. The van der Waals surface area contributed by atoms with E-state index in [0.29, 0.717) is 5.56 Å². The number of rotatable bonds is 4. The van der Waals surface area contributed by atoms with E-state index in [9.17, 15) is 20.6 Å². The maximum atomic E-state index is 11.8. The van der Waals surface area contributed by atoms with E-state index >= 15 is 0 Å². The smallest absolute Gasteiger partial charge is 0.337 e. The van der Waals surface area contributed by atoms with Crippen LogP contribution in [0.5, 0.6) is 0 Å². The van der Waals surface area contributed by atoms with Crippen LogP contribution in [-0.4, -0.2) is 24.8 Å². The number of ether oxygens (including phenoxy) is 3. The van der Waals surface area contributed by atoms with Crippen LogP contribution < -0.4 is 0 Å². The van der Waals surface area contributed by atoms with Gasteiger partial charge in [0.25, 0.3) is 0 Å². The van der Waals surface area contributed by atoms with Crippen LogP contribution in [0.2, 0.25) is 0 Å². The molecule has 2 saturated heterocycles. The van der Waals surface area contributed by atoms with Crippen molar-refractivity contribution >= 4 is 11.9 Å². The molecule has 8 heteroatoms. The van der Waals surface area contributed by atoms with E-state index in [1.165, 1.54) is 19.2 Å².